The molecule has 0 fully saturated rings. The average Bonchev–Trinajstić information content (AvgIpc) is 2.81. The molecule has 2 aromatic heterocycles. The number of nitrogens with one attached hydrogen (secondary N) is 1. The molecule has 0 bridgehead atoms. The summed E-state index contributed by atoms with van der Waals surface area (Å²) in [6.45, 7) is 8.06. The summed E-state index contributed by atoms with van der Waals surface area (Å²) < 4.78 is 6.05. The van der Waals surface area contributed by atoms with Gasteiger partial charge >= 0.3 is 5.97 Å². The molecule has 180 valence electrons. The van der Waals surface area contributed by atoms with Gasteiger partial charge in [0.2, 0.25) is 0 Å². The number of carboxylic acid groups (broad SMARTS) is 1. The zero-order chi connectivity index (χ0) is 25.2. The summed E-state index contributed by atoms with van der Waals surface area (Å²) in [5.74, 6) is -0.314. The molecule has 4 aromatic rings. The van der Waals surface area contributed by atoms with Gasteiger partial charge in [0.05, 0.1) is 11.1 Å². The van der Waals surface area contributed by atoms with Gasteiger partial charge in [-0.3, -0.25) is 4.98 Å². The van der Waals surface area contributed by atoms with Crippen molar-refractivity contribution in [2.75, 3.05) is 5.32 Å². The van der Waals surface area contributed by atoms with Gasteiger partial charge in [0.15, 0.2) is 6.10 Å². The molecule has 0 saturated heterocycles. The van der Waals surface area contributed by atoms with E-state index < -0.39 is 17.7 Å². The van der Waals surface area contributed by atoms with Gasteiger partial charge in [-0.25, -0.2) is 9.78 Å². The van der Waals surface area contributed by atoms with Crippen LogP contribution in [0.3, 0.4) is 0 Å². The lowest BCUT2D eigenvalue weighted by Gasteiger charge is -2.28. The average molecular weight is 490 g/mol. The Balaban J connectivity index is 1.87. The zero-order valence-electron chi connectivity index (χ0n) is 20.2. The van der Waals surface area contributed by atoms with Gasteiger partial charge in [0.1, 0.15) is 5.82 Å². The molecule has 4 rings (SSSR count). The molecular weight excluding hydrogens is 462 g/mol. The number of hydrogen-bond acceptors (Lipinski definition) is 5. The fraction of sp³-hybridized carbons (Fsp3) is 0.250. The van der Waals surface area contributed by atoms with E-state index in [0.29, 0.717) is 17.1 Å². The summed E-state index contributed by atoms with van der Waals surface area (Å²) in [4.78, 5) is 21.3. The first-order valence-electron chi connectivity index (χ1n) is 11.4. The number of aryl methyl sites for hydroxylation is 1. The Morgan fingerprint density at radius 2 is 1.77 bits per heavy atom. The first-order valence-corrected chi connectivity index (χ1v) is 11.7. The summed E-state index contributed by atoms with van der Waals surface area (Å²) in [7, 11) is 0. The number of nitrogens with zero attached hydrogens (tertiary/aromatic N) is 2. The van der Waals surface area contributed by atoms with Crippen LogP contribution in [0, 0.1) is 6.92 Å². The van der Waals surface area contributed by atoms with E-state index in [0.717, 1.165) is 39.0 Å². The number of benzene rings is 2. The molecule has 2 aromatic carbocycles. The Labute approximate surface area is 210 Å². The third-order valence-electron chi connectivity index (χ3n) is 5.56. The minimum Gasteiger partial charge on any atom is -0.479 e. The van der Waals surface area contributed by atoms with E-state index in [-0.39, 0.29) is 0 Å². The van der Waals surface area contributed by atoms with Crippen molar-refractivity contribution in [2.24, 2.45) is 0 Å². The van der Waals surface area contributed by atoms with E-state index in [1.165, 1.54) is 0 Å². The Hall–Kier alpha value is -3.48. The Morgan fingerprint density at radius 3 is 2.40 bits per heavy atom. The van der Waals surface area contributed by atoms with Gasteiger partial charge in [-0.1, -0.05) is 23.7 Å². The van der Waals surface area contributed by atoms with E-state index in [1.807, 2.05) is 70.2 Å². The first kappa shape index (κ1) is 24.6. The summed E-state index contributed by atoms with van der Waals surface area (Å²) in [5, 5.41) is 14.9. The Bertz CT molecular complexity index is 1350. The fourth-order valence-electron chi connectivity index (χ4n) is 4.06. The smallest absolute Gasteiger partial charge is 0.337 e. The Kier molecular flexibility index (Phi) is 7.05. The number of rotatable bonds is 7. The number of ether oxygens (including phenoxy) is 1. The normalized spacial score (nSPS) is 12.5. The number of hydrogen-bond donors (Lipinski definition) is 2. The number of anilines is 1. The monoisotopic (exact) mass is 489 g/mol. The number of carbonyl (C=O) groups is 1. The lowest BCUT2D eigenvalue weighted by atomic mass is 9.88. The van der Waals surface area contributed by atoms with Crippen molar-refractivity contribution in [1.29, 1.82) is 0 Å². The highest BCUT2D eigenvalue weighted by Gasteiger charge is 2.31. The molecule has 0 amide bonds. The molecule has 35 heavy (non-hydrogen) atoms. The SMILES string of the molecule is Cc1cc2nc(NCc3ccncc3)ccc2c(-c2ccc(Cl)cc2)c1C(OC(C)(C)C)C(=O)O. The predicted octanol–water partition coefficient (Wildman–Crippen LogP) is 6.81. The molecular formula is C28H28ClN3O3. The van der Waals surface area contributed by atoms with E-state index >= 15 is 0 Å². The maximum absolute atomic E-state index is 12.4. The van der Waals surface area contributed by atoms with Crippen molar-refractivity contribution in [1.82, 2.24) is 9.97 Å². The van der Waals surface area contributed by atoms with Gasteiger partial charge in [0.25, 0.3) is 0 Å². The van der Waals surface area contributed by atoms with Crippen LogP contribution in [-0.2, 0) is 16.1 Å². The van der Waals surface area contributed by atoms with Crippen molar-refractivity contribution in [2.45, 2.75) is 45.9 Å². The van der Waals surface area contributed by atoms with Crippen LogP contribution in [0.15, 0.2) is 67.0 Å². The fourth-order valence-corrected chi connectivity index (χ4v) is 4.19. The molecule has 0 spiro atoms. The van der Waals surface area contributed by atoms with Crippen LogP contribution in [-0.4, -0.2) is 26.6 Å². The number of fused-ring (bicyclic) bond motifs is 1. The van der Waals surface area contributed by atoms with Crippen molar-refractivity contribution in [3.63, 3.8) is 0 Å². The van der Waals surface area contributed by atoms with E-state index in [9.17, 15) is 9.90 Å². The van der Waals surface area contributed by atoms with Crippen LogP contribution in [0.1, 0.15) is 43.6 Å². The molecule has 2 N–H and O–H groups in total. The molecule has 6 nitrogen and oxygen atoms in total. The summed E-state index contributed by atoms with van der Waals surface area (Å²) in [6.07, 6.45) is 2.37. The summed E-state index contributed by atoms with van der Waals surface area (Å²) in [6, 6.07) is 17.1. The topological polar surface area (TPSA) is 84.3 Å². The van der Waals surface area contributed by atoms with Crippen molar-refractivity contribution in [3.8, 4) is 11.1 Å². The quantitative estimate of drug-likeness (QED) is 0.296. The number of pyridine rings is 2. The van der Waals surface area contributed by atoms with Crippen molar-refractivity contribution < 1.29 is 14.6 Å². The maximum atomic E-state index is 12.4. The number of halogens is 1. The van der Waals surface area contributed by atoms with Crippen LogP contribution < -0.4 is 5.32 Å². The van der Waals surface area contributed by atoms with E-state index in [4.69, 9.17) is 21.3 Å². The third-order valence-corrected chi connectivity index (χ3v) is 5.81. The van der Waals surface area contributed by atoms with Crippen LogP contribution >= 0.6 is 11.6 Å². The largest absolute Gasteiger partial charge is 0.479 e. The predicted molar refractivity (Wildman–Crippen MR) is 140 cm³/mol. The molecule has 7 heteroatoms. The standard InChI is InChI=1S/C28H28ClN3O3/c1-17-15-22-21(9-10-23(32-22)31-16-18-11-13-30-14-12-18)25(19-5-7-20(29)8-6-19)24(17)26(27(33)34)35-28(2,3)4/h5-15,26H,16H2,1-4H3,(H,31,32)(H,33,34). The highest BCUT2D eigenvalue weighted by atomic mass is 35.5. The van der Waals surface area contributed by atoms with Gasteiger partial charge < -0.3 is 15.2 Å². The van der Waals surface area contributed by atoms with Gasteiger partial charge in [-0.2, -0.15) is 0 Å². The second kappa shape index (κ2) is 10.0. The number of carboxylic acids is 1. The molecule has 2 heterocycles. The van der Waals surface area contributed by atoms with Crippen LogP contribution in [0.4, 0.5) is 5.82 Å². The molecule has 0 aliphatic rings. The molecule has 1 unspecified atom stereocenters. The van der Waals surface area contributed by atoms with Gasteiger partial charge in [0, 0.05) is 34.9 Å². The minimum absolute atomic E-state index is 0.605. The molecule has 0 aliphatic carbocycles. The molecule has 0 aliphatic heterocycles. The molecule has 0 radical (unpaired) electrons. The number of aromatic nitrogens is 2. The maximum Gasteiger partial charge on any atom is 0.337 e. The first-order chi connectivity index (χ1) is 16.6. The zero-order valence-corrected chi connectivity index (χ0v) is 20.9. The van der Waals surface area contributed by atoms with Crippen molar-refractivity contribution >= 4 is 34.3 Å². The van der Waals surface area contributed by atoms with Crippen LogP contribution in [0.5, 0.6) is 0 Å². The molecule has 1 atom stereocenters. The second-order valence-corrected chi connectivity index (χ2v) is 9.85. The van der Waals surface area contributed by atoms with Crippen molar-refractivity contribution in [3.05, 3.63) is 88.7 Å². The lowest BCUT2D eigenvalue weighted by Crippen LogP contribution is -2.28. The lowest BCUT2D eigenvalue weighted by molar-refractivity contribution is -0.160. The van der Waals surface area contributed by atoms with Gasteiger partial charge in [-0.05, 0) is 92.4 Å². The Morgan fingerprint density at radius 1 is 1.09 bits per heavy atom. The summed E-state index contributed by atoms with van der Waals surface area (Å²) in [5.41, 5.74) is 4.23. The summed E-state index contributed by atoms with van der Waals surface area (Å²) >= 11 is 6.15. The van der Waals surface area contributed by atoms with E-state index in [1.54, 1.807) is 24.5 Å². The number of aliphatic carboxylic acids is 1. The third kappa shape index (κ3) is 5.78. The van der Waals surface area contributed by atoms with Crippen LogP contribution in [0.25, 0.3) is 22.0 Å². The van der Waals surface area contributed by atoms with E-state index in [2.05, 4.69) is 10.3 Å². The van der Waals surface area contributed by atoms with Crippen LogP contribution in [0.2, 0.25) is 5.02 Å². The minimum atomic E-state index is -1.14. The van der Waals surface area contributed by atoms with Gasteiger partial charge in [-0.15, -0.1) is 0 Å². The molecule has 0 saturated carbocycles. The highest BCUT2D eigenvalue weighted by molar-refractivity contribution is 6.30. The second-order valence-electron chi connectivity index (χ2n) is 9.41. The highest BCUT2D eigenvalue weighted by Crippen LogP contribution is 2.40.